The average Bonchev–Trinajstić information content (AvgIpc) is 2.10. The van der Waals surface area contributed by atoms with E-state index in [2.05, 4.69) is 14.5 Å². The number of aliphatic hydroxyl groups excluding tert-OH is 3. The zero-order valence-electron chi connectivity index (χ0n) is 6.58. The van der Waals surface area contributed by atoms with Crippen LogP contribution in [-0.2, 0) is 14.5 Å². The molecule has 6 heteroatoms. The summed E-state index contributed by atoms with van der Waals surface area (Å²) in [4.78, 5) is 9.05. The molecule has 0 amide bonds. The summed E-state index contributed by atoms with van der Waals surface area (Å²) in [5.41, 5.74) is 0. The Bertz CT molecular complexity index is 124. The summed E-state index contributed by atoms with van der Waals surface area (Å²) < 4.78 is 4.63. The van der Waals surface area contributed by atoms with Gasteiger partial charge in [0.1, 0.15) is 18.3 Å². The highest BCUT2D eigenvalue weighted by molar-refractivity contribution is 4.80. The molecule has 1 aliphatic rings. The minimum absolute atomic E-state index is 0.422. The van der Waals surface area contributed by atoms with Crippen molar-refractivity contribution in [2.45, 2.75) is 24.6 Å². The zero-order chi connectivity index (χ0) is 9.14. The third-order valence-electron chi connectivity index (χ3n) is 1.70. The van der Waals surface area contributed by atoms with Crippen LogP contribution >= 0.6 is 0 Å². The molecule has 4 atom stereocenters. The van der Waals surface area contributed by atoms with Gasteiger partial charge in [0.25, 0.3) is 0 Å². The van der Waals surface area contributed by atoms with Gasteiger partial charge >= 0.3 is 0 Å². The lowest BCUT2D eigenvalue weighted by molar-refractivity contribution is -0.456. The zero-order valence-corrected chi connectivity index (χ0v) is 6.58. The SMILES string of the molecule is COC1OOC(CO)C(O)C1O. The summed E-state index contributed by atoms with van der Waals surface area (Å²) in [7, 11) is 1.31. The highest BCUT2D eigenvalue weighted by Gasteiger charge is 2.39. The van der Waals surface area contributed by atoms with Gasteiger partial charge in [-0.3, -0.25) is 0 Å². The van der Waals surface area contributed by atoms with Crippen LogP contribution in [0.4, 0.5) is 0 Å². The predicted octanol–water partition coefficient (Wildman–Crippen LogP) is -2.00. The number of aliphatic hydroxyl groups is 3. The molecule has 0 aromatic rings. The monoisotopic (exact) mass is 180 g/mol. The van der Waals surface area contributed by atoms with Crippen molar-refractivity contribution in [2.24, 2.45) is 0 Å². The van der Waals surface area contributed by atoms with Crippen molar-refractivity contribution in [2.75, 3.05) is 13.7 Å². The van der Waals surface area contributed by atoms with Crippen LogP contribution in [0, 0.1) is 0 Å². The molecule has 72 valence electrons. The van der Waals surface area contributed by atoms with E-state index >= 15 is 0 Å². The molecule has 0 spiro atoms. The Morgan fingerprint density at radius 1 is 1.25 bits per heavy atom. The Morgan fingerprint density at radius 2 is 1.92 bits per heavy atom. The number of ether oxygens (including phenoxy) is 1. The first kappa shape index (κ1) is 9.85. The van der Waals surface area contributed by atoms with Gasteiger partial charge in [-0.25, -0.2) is 9.78 Å². The molecular weight excluding hydrogens is 168 g/mol. The predicted molar refractivity (Wildman–Crippen MR) is 35.9 cm³/mol. The maximum Gasteiger partial charge on any atom is 0.219 e. The standard InChI is InChI=1S/C6H12O6/c1-10-6-5(9)4(8)3(2-7)11-12-6/h3-9H,2H2,1H3. The molecule has 0 aromatic carbocycles. The van der Waals surface area contributed by atoms with Crippen LogP contribution in [0.25, 0.3) is 0 Å². The maximum atomic E-state index is 9.25. The van der Waals surface area contributed by atoms with Gasteiger partial charge in [-0.1, -0.05) is 0 Å². The van der Waals surface area contributed by atoms with Gasteiger partial charge in [-0.15, -0.1) is 0 Å². The fraction of sp³-hybridized carbons (Fsp3) is 1.00. The van der Waals surface area contributed by atoms with Crippen LogP contribution in [0.15, 0.2) is 0 Å². The Kier molecular flexibility index (Phi) is 3.39. The summed E-state index contributed by atoms with van der Waals surface area (Å²) in [6.07, 6.45) is -4.34. The van der Waals surface area contributed by atoms with E-state index in [-0.39, 0.29) is 0 Å². The normalized spacial score (nSPS) is 43.0. The van der Waals surface area contributed by atoms with Crippen LogP contribution in [0.3, 0.4) is 0 Å². The maximum absolute atomic E-state index is 9.25. The molecule has 12 heavy (non-hydrogen) atoms. The minimum atomic E-state index is -1.21. The van der Waals surface area contributed by atoms with Crippen molar-refractivity contribution in [3.05, 3.63) is 0 Å². The summed E-state index contributed by atoms with van der Waals surface area (Å²) in [5, 5.41) is 27.1. The number of hydrogen-bond acceptors (Lipinski definition) is 6. The van der Waals surface area contributed by atoms with E-state index in [4.69, 9.17) is 5.11 Å². The molecule has 6 nitrogen and oxygen atoms in total. The first-order valence-corrected chi connectivity index (χ1v) is 3.52. The Balaban J connectivity index is 2.52. The van der Waals surface area contributed by atoms with Crippen LogP contribution in [0.1, 0.15) is 0 Å². The second-order valence-electron chi connectivity index (χ2n) is 2.50. The molecule has 0 saturated carbocycles. The molecule has 1 fully saturated rings. The summed E-state index contributed by atoms with van der Waals surface area (Å²) in [6.45, 7) is -0.422. The molecule has 1 aliphatic heterocycles. The first-order valence-electron chi connectivity index (χ1n) is 3.52. The Labute approximate surface area is 69.2 Å². The molecule has 3 N–H and O–H groups in total. The van der Waals surface area contributed by atoms with Crippen molar-refractivity contribution in [1.29, 1.82) is 0 Å². The lowest BCUT2D eigenvalue weighted by Gasteiger charge is -2.34. The van der Waals surface area contributed by atoms with E-state index in [0.29, 0.717) is 0 Å². The van der Waals surface area contributed by atoms with Gasteiger partial charge in [0, 0.05) is 7.11 Å². The molecule has 4 unspecified atom stereocenters. The topological polar surface area (TPSA) is 88.4 Å². The van der Waals surface area contributed by atoms with Gasteiger partial charge < -0.3 is 20.1 Å². The average molecular weight is 180 g/mol. The van der Waals surface area contributed by atoms with Crippen LogP contribution in [-0.4, -0.2) is 53.6 Å². The molecule has 1 saturated heterocycles. The van der Waals surface area contributed by atoms with Crippen molar-refractivity contribution >= 4 is 0 Å². The van der Waals surface area contributed by atoms with Crippen LogP contribution < -0.4 is 0 Å². The number of methoxy groups -OCH3 is 1. The van der Waals surface area contributed by atoms with E-state index in [1.807, 2.05) is 0 Å². The Hall–Kier alpha value is -0.240. The van der Waals surface area contributed by atoms with Gasteiger partial charge in [0.2, 0.25) is 6.29 Å². The summed E-state index contributed by atoms with van der Waals surface area (Å²) in [6, 6.07) is 0. The van der Waals surface area contributed by atoms with E-state index in [1.54, 1.807) is 0 Å². The smallest absolute Gasteiger partial charge is 0.219 e. The fourth-order valence-corrected chi connectivity index (χ4v) is 0.938. The van der Waals surface area contributed by atoms with Crippen molar-refractivity contribution in [1.82, 2.24) is 0 Å². The molecule has 0 bridgehead atoms. The largest absolute Gasteiger partial charge is 0.393 e. The minimum Gasteiger partial charge on any atom is -0.393 e. The van der Waals surface area contributed by atoms with Gasteiger partial charge in [-0.05, 0) is 0 Å². The second kappa shape index (κ2) is 4.13. The third-order valence-corrected chi connectivity index (χ3v) is 1.70. The van der Waals surface area contributed by atoms with Gasteiger partial charge in [0.15, 0.2) is 0 Å². The fourth-order valence-electron chi connectivity index (χ4n) is 0.938. The lowest BCUT2D eigenvalue weighted by atomic mass is 10.1. The molecule has 0 aromatic heterocycles. The van der Waals surface area contributed by atoms with Crippen LogP contribution in [0.2, 0.25) is 0 Å². The van der Waals surface area contributed by atoms with Crippen molar-refractivity contribution < 1.29 is 29.8 Å². The van der Waals surface area contributed by atoms with Crippen molar-refractivity contribution in [3.63, 3.8) is 0 Å². The number of rotatable bonds is 2. The Morgan fingerprint density at radius 3 is 2.42 bits per heavy atom. The molecular formula is C6H12O6. The molecule has 1 heterocycles. The quantitative estimate of drug-likeness (QED) is 0.426. The first-order chi connectivity index (χ1) is 5.70. The van der Waals surface area contributed by atoms with Crippen molar-refractivity contribution in [3.8, 4) is 0 Å². The van der Waals surface area contributed by atoms with E-state index < -0.39 is 31.2 Å². The van der Waals surface area contributed by atoms with E-state index in [9.17, 15) is 10.2 Å². The van der Waals surface area contributed by atoms with Gasteiger partial charge in [-0.2, -0.15) is 0 Å². The van der Waals surface area contributed by atoms with Gasteiger partial charge in [0.05, 0.1) is 6.61 Å². The second-order valence-corrected chi connectivity index (χ2v) is 2.50. The number of hydrogen-bond donors (Lipinski definition) is 3. The highest BCUT2D eigenvalue weighted by Crippen LogP contribution is 2.17. The lowest BCUT2D eigenvalue weighted by Crippen LogP contribution is -2.53. The summed E-state index contributed by atoms with van der Waals surface area (Å²) >= 11 is 0. The highest BCUT2D eigenvalue weighted by atomic mass is 17.2. The third kappa shape index (κ3) is 1.74. The summed E-state index contributed by atoms with van der Waals surface area (Å²) in [5.74, 6) is 0. The molecule has 0 radical (unpaired) electrons. The molecule has 1 rings (SSSR count). The molecule has 0 aliphatic carbocycles. The van der Waals surface area contributed by atoms with Crippen LogP contribution in [0.5, 0.6) is 0 Å². The van der Waals surface area contributed by atoms with E-state index in [1.165, 1.54) is 7.11 Å². The van der Waals surface area contributed by atoms with E-state index in [0.717, 1.165) is 0 Å².